The van der Waals surface area contributed by atoms with Crippen molar-refractivity contribution in [2.45, 2.75) is 39.8 Å². The minimum atomic E-state index is 0. The van der Waals surface area contributed by atoms with E-state index >= 15 is 0 Å². The molecule has 0 bridgehead atoms. The SMILES string of the molecule is CCNC(=NCc1ccc(C(=O)N(C)C)cc1)NCC(CC(C)C)N1CCOCC1.I. The second-order valence-electron chi connectivity index (χ2n) is 8.40. The van der Waals surface area contributed by atoms with Crippen LogP contribution >= 0.6 is 24.0 Å². The third-order valence-corrected chi connectivity index (χ3v) is 5.18. The molecular weight excluding hydrogens is 505 g/mol. The number of amides is 1. The maximum Gasteiger partial charge on any atom is 0.253 e. The number of guanidine groups is 1. The van der Waals surface area contributed by atoms with Crippen molar-refractivity contribution in [1.29, 1.82) is 0 Å². The van der Waals surface area contributed by atoms with Gasteiger partial charge in [-0.3, -0.25) is 9.69 Å². The molecule has 1 fully saturated rings. The van der Waals surface area contributed by atoms with Gasteiger partial charge < -0.3 is 20.3 Å². The smallest absolute Gasteiger partial charge is 0.253 e. The third-order valence-electron chi connectivity index (χ3n) is 5.18. The number of hydrogen-bond acceptors (Lipinski definition) is 4. The van der Waals surface area contributed by atoms with Crippen LogP contribution in [0.2, 0.25) is 0 Å². The van der Waals surface area contributed by atoms with Crippen molar-refractivity contribution in [3.05, 3.63) is 35.4 Å². The predicted molar refractivity (Wildman–Crippen MR) is 138 cm³/mol. The summed E-state index contributed by atoms with van der Waals surface area (Å²) in [6.07, 6.45) is 1.15. The Morgan fingerprint density at radius 3 is 2.35 bits per heavy atom. The highest BCUT2D eigenvalue weighted by Crippen LogP contribution is 2.13. The Kier molecular flexibility index (Phi) is 13.0. The lowest BCUT2D eigenvalue weighted by Crippen LogP contribution is -2.51. The van der Waals surface area contributed by atoms with Crippen LogP contribution in [0.3, 0.4) is 0 Å². The lowest BCUT2D eigenvalue weighted by molar-refractivity contribution is 0.0132. The Hall–Kier alpha value is -1.39. The molecule has 1 aliphatic heterocycles. The first-order chi connectivity index (χ1) is 14.4. The fraction of sp³-hybridized carbons (Fsp3) is 0.652. The largest absolute Gasteiger partial charge is 0.379 e. The van der Waals surface area contributed by atoms with Crippen molar-refractivity contribution >= 4 is 35.8 Å². The molecule has 1 aromatic rings. The van der Waals surface area contributed by atoms with E-state index in [-0.39, 0.29) is 29.9 Å². The predicted octanol–water partition coefficient (Wildman–Crippen LogP) is 2.81. The van der Waals surface area contributed by atoms with Crippen molar-refractivity contribution in [3.8, 4) is 0 Å². The molecule has 1 atom stereocenters. The Labute approximate surface area is 205 Å². The van der Waals surface area contributed by atoms with Gasteiger partial charge in [0.2, 0.25) is 0 Å². The third kappa shape index (κ3) is 9.74. The van der Waals surface area contributed by atoms with Gasteiger partial charge in [0, 0.05) is 51.9 Å². The first kappa shape index (κ1) is 27.6. The topological polar surface area (TPSA) is 69.2 Å². The number of nitrogens with zero attached hydrogens (tertiary/aromatic N) is 3. The van der Waals surface area contributed by atoms with E-state index in [0.717, 1.165) is 57.3 Å². The number of halogens is 1. The summed E-state index contributed by atoms with van der Waals surface area (Å²) in [5.74, 6) is 1.48. The summed E-state index contributed by atoms with van der Waals surface area (Å²) in [4.78, 5) is 20.9. The lowest BCUT2D eigenvalue weighted by atomic mass is 10.0. The van der Waals surface area contributed by atoms with Crippen LogP contribution in [0.1, 0.15) is 43.1 Å². The summed E-state index contributed by atoms with van der Waals surface area (Å²) in [6, 6.07) is 8.14. The molecular formula is C23H40IN5O2. The van der Waals surface area contributed by atoms with Crippen LogP contribution in [0, 0.1) is 5.92 Å². The summed E-state index contributed by atoms with van der Waals surface area (Å²) in [5.41, 5.74) is 1.77. The first-order valence-corrected chi connectivity index (χ1v) is 11.0. The van der Waals surface area contributed by atoms with Gasteiger partial charge in [0.1, 0.15) is 0 Å². The molecule has 1 saturated heterocycles. The van der Waals surface area contributed by atoms with Gasteiger partial charge in [0.25, 0.3) is 5.91 Å². The number of aliphatic imine (C=N–C) groups is 1. The number of carbonyl (C=O) groups excluding carboxylic acids is 1. The molecule has 2 N–H and O–H groups in total. The van der Waals surface area contributed by atoms with E-state index in [2.05, 4.69) is 36.3 Å². The van der Waals surface area contributed by atoms with Gasteiger partial charge in [-0.15, -0.1) is 24.0 Å². The van der Waals surface area contributed by atoms with Gasteiger partial charge in [-0.05, 0) is 37.0 Å². The van der Waals surface area contributed by atoms with Crippen molar-refractivity contribution in [2.24, 2.45) is 10.9 Å². The molecule has 176 valence electrons. The van der Waals surface area contributed by atoms with Crippen LogP contribution < -0.4 is 10.6 Å². The normalized spacial score (nSPS) is 15.9. The molecule has 1 amide bonds. The molecule has 8 heteroatoms. The Bertz CT molecular complexity index is 673. The number of rotatable bonds is 9. The molecule has 0 aliphatic carbocycles. The maximum absolute atomic E-state index is 12.0. The summed E-state index contributed by atoms with van der Waals surface area (Å²) >= 11 is 0. The summed E-state index contributed by atoms with van der Waals surface area (Å²) in [7, 11) is 3.52. The van der Waals surface area contributed by atoms with Crippen LogP contribution in [0.15, 0.2) is 29.3 Å². The van der Waals surface area contributed by atoms with Crippen LogP contribution in [0.25, 0.3) is 0 Å². The number of carbonyl (C=O) groups is 1. The van der Waals surface area contributed by atoms with Gasteiger partial charge in [0.15, 0.2) is 5.96 Å². The molecule has 0 aromatic heterocycles. The second kappa shape index (κ2) is 14.6. The van der Waals surface area contributed by atoms with Crippen molar-refractivity contribution in [3.63, 3.8) is 0 Å². The molecule has 1 unspecified atom stereocenters. The highest BCUT2D eigenvalue weighted by Gasteiger charge is 2.22. The molecule has 0 saturated carbocycles. The zero-order valence-corrected chi connectivity index (χ0v) is 22.0. The monoisotopic (exact) mass is 545 g/mol. The number of nitrogens with one attached hydrogen (secondary N) is 2. The summed E-state index contributed by atoms with van der Waals surface area (Å²) in [6.45, 7) is 12.5. The van der Waals surface area contributed by atoms with E-state index in [1.807, 2.05) is 24.3 Å². The standard InChI is InChI=1S/C23H39N5O2.HI/c1-6-24-23(25-16-19-7-9-20(10-8-19)22(29)27(4)5)26-17-21(15-18(2)3)28-11-13-30-14-12-28;/h7-10,18,21H,6,11-17H2,1-5H3,(H2,24,25,26);1H. The van der Waals surface area contributed by atoms with E-state index in [0.29, 0.717) is 24.1 Å². The van der Waals surface area contributed by atoms with Crippen LogP contribution in [-0.4, -0.2) is 81.2 Å². The average Bonchev–Trinajstić information content (AvgIpc) is 2.74. The second-order valence-corrected chi connectivity index (χ2v) is 8.40. The minimum absolute atomic E-state index is 0. The summed E-state index contributed by atoms with van der Waals surface area (Å²) < 4.78 is 5.52. The van der Waals surface area contributed by atoms with E-state index in [4.69, 9.17) is 9.73 Å². The number of hydrogen-bond donors (Lipinski definition) is 2. The highest BCUT2D eigenvalue weighted by atomic mass is 127. The van der Waals surface area contributed by atoms with Crippen LogP contribution in [-0.2, 0) is 11.3 Å². The molecule has 7 nitrogen and oxygen atoms in total. The van der Waals surface area contributed by atoms with Crippen molar-refractivity contribution in [1.82, 2.24) is 20.4 Å². The molecule has 0 spiro atoms. The number of morpholine rings is 1. The van der Waals surface area contributed by atoms with Gasteiger partial charge in [-0.1, -0.05) is 26.0 Å². The van der Waals surface area contributed by atoms with E-state index in [1.165, 1.54) is 0 Å². The number of benzene rings is 1. The van der Waals surface area contributed by atoms with Gasteiger partial charge in [-0.25, -0.2) is 4.99 Å². The zero-order chi connectivity index (χ0) is 21.9. The maximum atomic E-state index is 12.0. The molecule has 0 radical (unpaired) electrons. The first-order valence-electron chi connectivity index (χ1n) is 11.0. The average molecular weight is 546 g/mol. The Morgan fingerprint density at radius 2 is 1.81 bits per heavy atom. The lowest BCUT2D eigenvalue weighted by Gasteiger charge is -2.35. The van der Waals surface area contributed by atoms with Gasteiger partial charge in [0.05, 0.1) is 19.8 Å². The highest BCUT2D eigenvalue weighted by molar-refractivity contribution is 14.0. The molecule has 1 aromatic carbocycles. The van der Waals surface area contributed by atoms with Crippen LogP contribution in [0.5, 0.6) is 0 Å². The van der Waals surface area contributed by atoms with Gasteiger partial charge >= 0.3 is 0 Å². The van der Waals surface area contributed by atoms with E-state index < -0.39 is 0 Å². The zero-order valence-electron chi connectivity index (χ0n) is 19.7. The summed E-state index contributed by atoms with van der Waals surface area (Å²) in [5, 5.41) is 6.88. The molecule has 1 heterocycles. The van der Waals surface area contributed by atoms with Gasteiger partial charge in [-0.2, -0.15) is 0 Å². The quantitative estimate of drug-likeness (QED) is 0.284. The molecule has 2 rings (SSSR count). The Morgan fingerprint density at radius 1 is 1.16 bits per heavy atom. The molecule has 31 heavy (non-hydrogen) atoms. The fourth-order valence-corrected chi connectivity index (χ4v) is 3.59. The van der Waals surface area contributed by atoms with Crippen molar-refractivity contribution < 1.29 is 9.53 Å². The van der Waals surface area contributed by atoms with E-state index in [1.54, 1.807) is 19.0 Å². The van der Waals surface area contributed by atoms with Crippen molar-refractivity contribution in [2.75, 3.05) is 53.5 Å². The van der Waals surface area contributed by atoms with E-state index in [9.17, 15) is 4.79 Å². The van der Waals surface area contributed by atoms with Crippen LogP contribution in [0.4, 0.5) is 0 Å². The molecule has 1 aliphatic rings. The fourth-order valence-electron chi connectivity index (χ4n) is 3.59. The Balaban J connectivity index is 0.00000480. The minimum Gasteiger partial charge on any atom is -0.379 e. The number of ether oxygens (including phenoxy) is 1.